The molecule has 0 unspecified atom stereocenters. The van der Waals surface area contributed by atoms with Crippen LogP contribution in [0.4, 0.5) is 0 Å². The SMILES string of the molecule is Oc1cccn2cc(CC3CCNCC3)nc12. The fourth-order valence-corrected chi connectivity index (χ4v) is 2.53. The summed E-state index contributed by atoms with van der Waals surface area (Å²) in [7, 11) is 0. The Balaban J connectivity index is 1.83. The molecular formula is C13H17N3O. The second-order valence-electron chi connectivity index (χ2n) is 4.75. The zero-order chi connectivity index (χ0) is 11.7. The third-order valence-electron chi connectivity index (χ3n) is 3.47. The van der Waals surface area contributed by atoms with Crippen LogP contribution in [0.1, 0.15) is 18.5 Å². The maximum atomic E-state index is 9.70. The second kappa shape index (κ2) is 4.37. The molecule has 2 aromatic rings. The molecule has 90 valence electrons. The first-order valence-corrected chi connectivity index (χ1v) is 6.19. The van der Waals surface area contributed by atoms with Gasteiger partial charge < -0.3 is 14.8 Å². The number of hydrogen-bond acceptors (Lipinski definition) is 3. The highest BCUT2D eigenvalue weighted by atomic mass is 16.3. The van der Waals surface area contributed by atoms with Crippen molar-refractivity contribution in [2.45, 2.75) is 19.3 Å². The van der Waals surface area contributed by atoms with E-state index in [2.05, 4.69) is 10.3 Å². The molecule has 0 amide bonds. The molecule has 0 radical (unpaired) electrons. The van der Waals surface area contributed by atoms with Crippen molar-refractivity contribution in [2.24, 2.45) is 5.92 Å². The summed E-state index contributed by atoms with van der Waals surface area (Å²) >= 11 is 0. The Bertz CT molecular complexity index is 514. The Morgan fingerprint density at radius 2 is 2.24 bits per heavy atom. The zero-order valence-corrected chi connectivity index (χ0v) is 9.76. The number of nitrogens with zero attached hydrogens (tertiary/aromatic N) is 2. The molecule has 2 N–H and O–H groups in total. The van der Waals surface area contributed by atoms with E-state index in [-0.39, 0.29) is 5.75 Å². The molecule has 0 atom stereocenters. The topological polar surface area (TPSA) is 49.6 Å². The van der Waals surface area contributed by atoms with E-state index < -0.39 is 0 Å². The Hall–Kier alpha value is -1.55. The molecule has 2 aromatic heterocycles. The van der Waals surface area contributed by atoms with Gasteiger partial charge in [0.05, 0.1) is 5.69 Å². The lowest BCUT2D eigenvalue weighted by Crippen LogP contribution is -2.28. The summed E-state index contributed by atoms with van der Waals surface area (Å²) in [6, 6.07) is 3.51. The number of nitrogens with one attached hydrogen (secondary N) is 1. The number of piperidine rings is 1. The molecule has 0 spiro atoms. The first-order chi connectivity index (χ1) is 8.33. The first-order valence-electron chi connectivity index (χ1n) is 6.19. The lowest BCUT2D eigenvalue weighted by atomic mass is 9.93. The molecule has 0 aliphatic carbocycles. The molecule has 0 aromatic carbocycles. The summed E-state index contributed by atoms with van der Waals surface area (Å²) in [6.45, 7) is 2.23. The molecule has 4 nitrogen and oxygen atoms in total. The van der Waals surface area contributed by atoms with Crippen LogP contribution >= 0.6 is 0 Å². The molecule has 3 rings (SSSR count). The van der Waals surface area contributed by atoms with Gasteiger partial charge in [0.1, 0.15) is 0 Å². The predicted molar refractivity (Wildman–Crippen MR) is 66.2 cm³/mol. The third kappa shape index (κ3) is 2.13. The average Bonchev–Trinajstić information content (AvgIpc) is 2.74. The quantitative estimate of drug-likeness (QED) is 0.825. The smallest absolute Gasteiger partial charge is 0.179 e. The molecule has 0 saturated carbocycles. The van der Waals surface area contributed by atoms with Crippen LogP contribution in [0.15, 0.2) is 24.5 Å². The zero-order valence-electron chi connectivity index (χ0n) is 9.76. The van der Waals surface area contributed by atoms with E-state index in [0.717, 1.165) is 31.1 Å². The highest BCUT2D eigenvalue weighted by molar-refractivity contribution is 5.53. The minimum absolute atomic E-state index is 0.254. The average molecular weight is 231 g/mol. The monoisotopic (exact) mass is 231 g/mol. The minimum atomic E-state index is 0.254. The normalized spacial score (nSPS) is 17.6. The van der Waals surface area contributed by atoms with Gasteiger partial charge in [0.2, 0.25) is 0 Å². The molecule has 1 aliphatic heterocycles. The Kier molecular flexibility index (Phi) is 2.73. The summed E-state index contributed by atoms with van der Waals surface area (Å²) in [5.74, 6) is 0.979. The van der Waals surface area contributed by atoms with Gasteiger partial charge >= 0.3 is 0 Å². The first kappa shape index (κ1) is 10.6. The fourth-order valence-electron chi connectivity index (χ4n) is 2.53. The number of imidazole rings is 1. The van der Waals surface area contributed by atoms with Crippen molar-refractivity contribution < 1.29 is 5.11 Å². The highest BCUT2D eigenvalue weighted by Gasteiger charge is 2.15. The van der Waals surface area contributed by atoms with Gasteiger partial charge in [-0.15, -0.1) is 0 Å². The highest BCUT2D eigenvalue weighted by Crippen LogP contribution is 2.21. The molecule has 1 aliphatic rings. The van der Waals surface area contributed by atoms with Crippen LogP contribution < -0.4 is 5.32 Å². The van der Waals surface area contributed by atoms with E-state index in [9.17, 15) is 5.11 Å². The second-order valence-corrected chi connectivity index (χ2v) is 4.75. The number of pyridine rings is 1. The van der Waals surface area contributed by atoms with Gasteiger partial charge in [-0.3, -0.25) is 0 Å². The van der Waals surface area contributed by atoms with Crippen LogP contribution in [0, 0.1) is 5.92 Å². The third-order valence-corrected chi connectivity index (χ3v) is 3.47. The van der Waals surface area contributed by atoms with Gasteiger partial charge in [0.25, 0.3) is 0 Å². The fraction of sp³-hybridized carbons (Fsp3) is 0.462. The summed E-state index contributed by atoms with van der Waals surface area (Å²) in [5.41, 5.74) is 1.75. The molecule has 17 heavy (non-hydrogen) atoms. The predicted octanol–water partition coefficient (Wildman–Crippen LogP) is 1.58. The van der Waals surface area contributed by atoms with Crippen LogP contribution in [0.5, 0.6) is 5.75 Å². The van der Waals surface area contributed by atoms with Crippen molar-refractivity contribution in [3.05, 3.63) is 30.2 Å². The van der Waals surface area contributed by atoms with Gasteiger partial charge in [-0.05, 0) is 50.4 Å². The Morgan fingerprint density at radius 1 is 1.41 bits per heavy atom. The van der Waals surface area contributed by atoms with E-state index in [1.54, 1.807) is 6.07 Å². The van der Waals surface area contributed by atoms with E-state index >= 15 is 0 Å². The van der Waals surface area contributed by atoms with Crippen LogP contribution in [0.25, 0.3) is 5.65 Å². The van der Waals surface area contributed by atoms with Crippen molar-refractivity contribution in [3.63, 3.8) is 0 Å². The molecule has 1 fully saturated rings. The molecular weight excluding hydrogens is 214 g/mol. The molecule has 1 saturated heterocycles. The van der Waals surface area contributed by atoms with E-state index in [0.29, 0.717) is 5.65 Å². The van der Waals surface area contributed by atoms with E-state index in [4.69, 9.17) is 0 Å². The van der Waals surface area contributed by atoms with Crippen LogP contribution in [0.2, 0.25) is 0 Å². The summed E-state index contributed by atoms with van der Waals surface area (Å²) in [4.78, 5) is 4.50. The number of aromatic hydroxyl groups is 1. The largest absolute Gasteiger partial charge is 0.504 e. The lowest BCUT2D eigenvalue weighted by molar-refractivity contribution is 0.370. The number of fused-ring (bicyclic) bond motifs is 1. The molecule has 4 heteroatoms. The van der Waals surface area contributed by atoms with Crippen molar-refractivity contribution in [1.29, 1.82) is 0 Å². The maximum absolute atomic E-state index is 9.70. The van der Waals surface area contributed by atoms with Crippen molar-refractivity contribution in [1.82, 2.24) is 14.7 Å². The van der Waals surface area contributed by atoms with Crippen molar-refractivity contribution in [2.75, 3.05) is 13.1 Å². The van der Waals surface area contributed by atoms with Crippen LogP contribution in [-0.2, 0) is 6.42 Å². The number of hydrogen-bond donors (Lipinski definition) is 2. The number of rotatable bonds is 2. The standard InChI is InChI=1S/C13H17N3O/c17-12-2-1-7-16-9-11(15-13(12)16)8-10-3-5-14-6-4-10/h1-2,7,9-10,14,17H,3-6,8H2. The van der Waals surface area contributed by atoms with Gasteiger partial charge in [0.15, 0.2) is 11.4 Å². The summed E-state index contributed by atoms with van der Waals surface area (Å²) in [5, 5.41) is 13.1. The van der Waals surface area contributed by atoms with Gasteiger partial charge in [-0.25, -0.2) is 4.98 Å². The summed E-state index contributed by atoms with van der Waals surface area (Å²) < 4.78 is 1.89. The van der Waals surface area contributed by atoms with Crippen molar-refractivity contribution >= 4 is 5.65 Å². The van der Waals surface area contributed by atoms with Crippen LogP contribution in [0.3, 0.4) is 0 Å². The summed E-state index contributed by atoms with van der Waals surface area (Å²) in [6.07, 6.45) is 7.41. The van der Waals surface area contributed by atoms with Crippen molar-refractivity contribution in [3.8, 4) is 5.75 Å². The van der Waals surface area contributed by atoms with Gasteiger partial charge in [-0.2, -0.15) is 0 Å². The Morgan fingerprint density at radius 3 is 3.00 bits per heavy atom. The molecule has 0 bridgehead atoms. The van der Waals surface area contributed by atoms with Crippen LogP contribution in [-0.4, -0.2) is 27.6 Å². The maximum Gasteiger partial charge on any atom is 0.179 e. The molecule has 3 heterocycles. The van der Waals surface area contributed by atoms with E-state index in [1.807, 2.05) is 22.9 Å². The van der Waals surface area contributed by atoms with E-state index in [1.165, 1.54) is 12.8 Å². The van der Waals surface area contributed by atoms with Gasteiger partial charge in [-0.1, -0.05) is 0 Å². The minimum Gasteiger partial charge on any atom is -0.504 e. The number of aromatic nitrogens is 2. The Labute approximate surface area is 100 Å². The van der Waals surface area contributed by atoms with Gasteiger partial charge in [0, 0.05) is 12.4 Å². The lowest BCUT2D eigenvalue weighted by Gasteiger charge is -2.21.